The maximum Gasteiger partial charge on any atom is 0.259 e. The third-order valence-electron chi connectivity index (χ3n) is 3.38. The Hall–Kier alpha value is -1.00. The first-order valence-corrected chi connectivity index (χ1v) is 6.28. The van der Waals surface area contributed by atoms with Crippen LogP contribution in [0.3, 0.4) is 0 Å². The highest BCUT2D eigenvalue weighted by Gasteiger charge is 2.32. The van der Waals surface area contributed by atoms with Crippen molar-refractivity contribution < 1.29 is 9.21 Å². The number of furan rings is 1. The molecule has 0 bridgehead atoms. The standard InChI is InChI=1S/C12H17ClN2O2/c1-8-3-2-4-9(7-14)15(8)12(16)10-5-6-17-11(10)13/h5-6,8-9H,2-4,7,14H2,1H3. The highest BCUT2D eigenvalue weighted by Crippen LogP contribution is 2.27. The number of nitrogens with zero attached hydrogens (tertiary/aromatic N) is 1. The van der Waals surface area contributed by atoms with Crippen LogP contribution in [0.25, 0.3) is 0 Å². The molecule has 0 aliphatic carbocycles. The minimum atomic E-state index is -0.0774. The summed E-state index contributed by atoms with van der Waals surface area (Å²) in [5.74, 6) is -0.0774. The minimum absolute atomic E-state index is 0.0774. The number of hydrogen-bond donors (Lipinski definition) is 1. The number of hydrogen-bond acceptors (Lipinski definition) is 3. The van der Waals surface area contributed by atoms with Crippen LogP contribution < -0.4 is 5.73 Å². The van der Waals surface area contributed by atoms with Crippen molar-refractivity contribution in [3.05, 3.63) is 23.1 Å². The van der Waals surface area contributed by atoms with Crippen molar-refractivity contribution in [2.45, 2.75) is 38.3 Å². The fraction of sp³-hybridized carbons (Fsp3) is 0.583. The van der Waals surface area contributed by atoms with Crippen molar-refractivity contribution in [3.63, 3.8) is 0 Å². The SMILES string of the molecule is CC1CCCC(CN)N1C(=O)c1ccoc1Cl. The summed E-state index contributed by atoms with van der Waals surface area (Å²) in [6.07, 6.45) is 4.52. The summed E-state index contributed by atoms with van der Waals surface area (Å²) in [7, 11) is 0. The topological polar surface area (TPSA) is 59.5 Å². The average Bonchev–Trinajstić information content (AvgIpc) is 2.74. The fourth-order valence-corrected chi connectivity index (χ4v) is 2.66. The van der Waals surface area contributed by atoms with Crippen molar-refractivity contribution >= 4 is 17.5 Å². The molecule has 2 rings (SSSR count). The van der Waals surface area contributed by atoms with Crippen molar-refractivity contribution in [2.75, 3.05) is 6.54 Å². The molecule has 0 spiro atoms. The molecule has 2 N–H and O–H groups in total. The Morgan fingerprint density at radius 2 is 2.41 bits per heavy atom. The summed E-state index contributed by atoms with van der Waals surface area (Å²) in [4.78, 5) is 14.2. The van der Waals surface area contributed by atoms with Gasteiger partial charge in [0.05, 0.1) is 11.8 Å². The normalized spacial score (nSPS) is 25.0. The van der Waals surface area contributed by atoms with Gasteiger partial charge in [-0.15, -0.1) is 0 Å². The predicted octanol–water partition coefficient (Wildman–Crippen LogP) is 2.27. The quantitative estimate of drug-likeness (QED) is 0.883. The summed E-state index contributed by atoms with van der Waals surface area (Å²) >= 11 is 5.85. The molecule has 0 radical (unpaired) electrons. The van der Waals surface area contributed by atoms with Gasteiger partial charge in [0.2, 0.25) is 5.22 Å². The van der Waals surface area contributed by atoms with Crippen LogP contribution in [0.15, 0.2) is 16.7 Å². The molecule has 4 nitrogen and oxygen atoms in total. The van der Waals surface area contributed by atoms with Gasteiger partial charge in [0, 0.05) is 18.6 Å². The molecule has 1 aromatic rings. The first-order valence-electron chi connectivity index (χ1n) is 5.91. The Kier molecular flexibility index (Phi) is 3.74. The molecular formula is C12H17ClN2O2. The highest BCUT2D eigenvalue weighted by atomic mass is 35.5. The Bertz CT molecular complexity index is 405. The number of amides is 1. The van der Waals surface area contributed by atoms with Gasteiger partial charge in [0.1, 0.15) is 0 Å². The summed E-state index contributed by atoms with van der Waals surface area (Å²) in [6.45, 7) is 2.54. The van der Waals surface area contributed by atoms with E-state index in [4.69, 9.17) is 21.8 Å². The van der Waals surface area contributed by atoms with Crippen LogP contribution in [0.4, 0.5) is 0 Å². The lowest BCUT2D eigenvalue weighted by atomic mass is 9.95. The molecule has 1 fully saturated rings. The molecule has 1 aliphatic rings. The van der Waals surface area contributed by atoms with Gasteiger partial charge in [-0.25, -0.2) is 0 Å². The van der Waals surface area contributed by atoms with E-state index < -0.39 is 0 Å². The number of halogens is 1. The molecule has 0 saturated carbocycles. The van der Waals surface area contributed by atoms with Crippen molar-refractivity contribution in [1.29, 1.82) is 0 Å². The number of nitrogens with two attached hydrogens (primary N) is 1. The molecule has 17 heavy (non-hydrogen) atoms. The van der Waals surface area contributed by atoms with E-state index in [1.807, 2.05) is 11.8 Å². The largest absolute Gasteiger partial charge is 0.452 e. The maximum absolute atomic E-state index is 12.4. The molecule has 1 aliphatic heterocycles. The van der Waals surface area contributed by atoms with Crippen LogP contribution in [0.1, 0.15) is 36.5 Å². The highest BCUT2D eigenvalue weighted by molar-refractivity contribution is 6.32. The second-order valence-corrected chi connectivity index (χ2v) is 4.83. The van der Waals surface area contributed by atoms with E-state index in [1.165, 1.54) is 6.26 Å². The van der Waals surface area contributed by atoms with Gasteiger partial charge < -0.3 is 15.1 Å². The zero-order valence-corrected chi connectivity index (χ0v) is 10.6. The summed E-state index contributed by atoms with van der Waals surface area (Å²) in [6, 6.07) is 1.92. The van der Waals surface area contributed by atoms with E-state index in [-0.39, 0.29) is 23.2 Å². The first-order chi connectivity index (χ1) is 8.15. The average molecular weight is 257 g/mol. The van der Waals surface area contributed by atoms with E-state index >= 15 is 0 Å². The molecular weight excluding hydrogens is 240 g/mol. The van der Waals surface area contributed by atoms with Crippen LogP contribution >= 0.6 is 11.6 Å². The molecule has 0 aromatic carbocycles. The molecule has 2 atom stereocenters. The molecule has 2 heterocycles. The third-order valence-corrected chi connectivity index (χ3v) is 3.68. The van der Waals surface area contributed by atoms with Crippen molar-refractivity contribution in [1.82, 2.24) is 4.90 Å². The van der Waals surface area contributed by atoms with Gasteiger partial charge in [-0.1, -0.05) is 0 Å². The van der Waals surface area contributed by atoms with Gasteiger partial charge in [-0.05, 0) is 43.9 Å². The Morgan fingerprint density at radius 1 is 1.65 bits per heavy atom. The lowest BCUT2D eigenvalue weighted by molar-refractivity contribution is 0.0493. The lowest BCUT2D eigenvalue weighted by Crippen LogP contribution is -2.51. The minimum Gasteiger partial charge on any atom is -0.452 e. The number of piperidine rings is 1. The smallest absolute Gasteiger partial charge is 0.259 e. The van der Waals surface area contributed by atoms with E-state index in [0.717, 1.165) is 19.3 Å². The number of carbonyl (C=O) groups excluding carboxylic acids is 1. The number of carbonyl (C=O) groups is 1. The molecule has 1 aromatic heterocycles. The number of rotatable bonds is 2. The maximum atomic E-state index is 12.4. The monoisotopic (exact) mass is 256 g/mol. The zero-order valence-electron chi connectivity index (χ0n) is 9.86. The summed E-state index contributed by atoms with van der Waals surface area (Å²) < 4.78 is 4.97. The molecule has 1 saturated heterocycles. The Balaban J connectivity index is 2.24. The van der Waals surface area contributed by atoms with Gasteiger partial charge in [0.15, 0.2) is 0 Å². The van der Waals surface area contributed by atoms with Crippen molar-refractivity contribution in [3.8, 4) is 0 Å². The zero-order chi connectivity index (χ0) is 12.4. The van der Waals surface area contributed by atoms with Crippen LogP contribution in [0, 0.1) is 0 Å². The second-order valence-electron chi connectivity index (χ2n) is 4.49. The predicted molar refractivity (Wildman–Crippen MR) is 66.0 cm³/mol. The Morgan fingerprint density at radius 3 is 3.00 bits per heavy atom. The van der Waals surface area contributed by atoms with Crippen LogP contribution in [-0.2, 0) is 0 Å². The van der Waals surface area contributed by atoms with E-state index in [2.05, 4.69) is 0 Å². The molecule has 2 unspecified atom stereocenters. The third kappa shape index (κ3) is 2.33. The van der Waals surface area contributed by atoms with Gasteiger partial charge in [-0.3, -0.25) is 4.79 Å². The number of likely N-dealkylation sites (tertiary alicyclic amines) is 1. The molecule has 5 heteroatoms. The van der Waals surface area contributed by atoms with Gasteiger partial charge in [-0.2, -0.15) is 0 Å². The van der Waals surface area contributed by atoms with E-state index in [0.29, 0.717) is 12.1 Å². The van der Waals surface area contributed by atoms with Gasteiger partial charge >= 0.3 is 0 Å². The molecule has 94 valence electrons. The first kappa shape index (κ1) is 12.5. The van der Waals surface area contributed by atoms with Crippen molar-refractivity contribution in [2.24, 2.45) is 5.73 Å². The van der Waals surface area contributed by atoms with Crippen LogP contribution in [0.5, 0.6) is 0 Å². The summed E-state index contributed by atoms with van der Waals surface area (Å²) in [5.41, 5.74) is 6.16. The Labute approximate surface area is 106 Å². The van der Waals surface area contributed by atoms with E-state index in [1.54, 1.807) is 6.07 Å². The van der Waals surface area contributed by atoms with Crippen LogP contribution in [0.2, 0.25) is 5.22 Å². The lowest BCUT2D eigenvalue weighted by Gasteiger charge is -2.40. The summed E-state index contributed by atoms with van der Waals surface area (Å²) in [5, 5.41) is 0.156. The second kappa shape index (κ2) is 5.10. The molecule has 1 amide bonds. The van der Waals surface area contributed by atoms with E-state index in [9.17, 15) is 4.79 Å². The van der Waals surface area contributed by atoms with Crippen LogP contribution in [-0.4, -0.2) is 29.4 Å². The fourth-order valence-electron chi connectivity index (χ4n) is 2.47. The van der Waals surface area contributed by atoms with Gasteiger partial charge in [0.25, 0.3) is 5.91 Å².